The standard InChI is InChI=1S/C15H23N3O3S2/c1-16-12-5-2-8-17(11-12)15(19)13-6-3-9-18(13)23(20,21)14-7-4-10-22-14/h4,7,10,12-13,16H,2-3,5-6,8-9,11H2,1H3. The lowest BCUT2D eigenvalue weighted by Crippen LogP contribution is -2.53. The molecule has 0 radical (unpaired) electrons. The van der Waals surface area contributed by atoms with E-state index in [0.717, 1.165) is 25.8 Å². The van der Waals surface area contributed by atoms with Gasteiger partial charge in [0, 0.05) is 25.7 Å². The second kappa shape index (κ2) is 6.88. The number of rotatable bonds is 4. The minimum absolute atomic E-state index is 0.0393. The molecule has 0 bridgehead atoms. The van der Waals surface area contributed by atoms with Crippen molar-refractivity contribution in [3.8, 4) is 0 Å². The summed E-state index contributed by atoms with van der Waals surface area (Å²) >= 11 is 1.21. The summed E-state index contributed by atoms with van der Waals surface area (Å²) in [4.78, 5) is 14.7. The molecule has 0 aliphatic carbocycles. The molecule has 2 aliphatic rings. The van der Waals surface area contributed by atoms with Crippen LogP contribution in [0.4, 0.5) is 0 Å². The zero-order chi connectivity index (χ0) is 16.4. The smallest absolute Gasteiger partial charge is 0.253 e. The van der Waals surface area contributed by atoms with Gasteiger partial charge in [-0.1, -0.05) is 6.07 Å². The number of thiophene rings is 1. The Hall–Kier alpha value is -0.960. The van der Waals surface area contributed by atoms with Crippen LogP contribution >= 0.6 is 11.3 Å². The number of nitrogens with zero attached hydrogens (tertiary/aromatic N) is 2. The molecule has 2 fully saturated rings. The first-order valence-electron chi connectivity index (χ1n) is 8.05. The predicted octanol–water partition coefficient (Wildman–Crippen LogP) is 1.11. The fourth-order valence-corrected chi connectivity index (χ4v) is 6.19. The number of likely N-dealkylation sites (tertiary alicyclic amines) is 1. The van der Waals surface area contributed by atoms with Crippen molar-refractivity contribution in [2.45, 2.75) is 42.0 Å². The second-order valence-electron chi connectivity index (χ2n) is 6.12. The van der Waals surface area contributed by atoms with Crippen LogP contribution in [-0.4, -0.2) is 62.3 Å². The van der Waals surface area contributed by atoms with E-state index in [1.54, 1.807) is 17.5 Å². The third-order valence-corrected chi connectivity index (χ3v) is 7.97. The topological polar surface area (TPSA) is 69.7 Å². The number of hydrogen-bond donors (Lipinski definition) is 1. The summed E-state index contributed by atoms with van der Waals surface area (Å²) < 4.78 is 27.3. The van der Waals surface area contributed by atoms with E-state index in [2.05, 4.69) is 5.32 Å². The Balaban J connectivity index is 1.77. The maximum absolute atomic E-state index is 12.9. The first-order chi connectivity index (χ1) is 11.0. The Morgan fingerprint density at radius 2 is 2.09 bits per heavy atom. The molecule has 8 heteroatoms. The number of amides is 1. The molecule has 0 aromatic carbocycles. The van der Waals surface area contributed by atoms with Crippen molar-refractivity contribution < 1.29 is 13.2 Å². The lowest BCUT2D eigenvalue weighted by Gasteiger charge is -2.35. The fourth-order valence-electron chi connectivity index (χ4n) is 3.42. The van der Waals surface area contributed by atoms with Gasteiger partial charge in [0.1, 0.15) is 10.3 Å². The molecule has 1 N–H and O–H groups in total. The molecular formula is C15H23N3O3S2. The maximum atomic E-state index is 12.9. The van der Waals surface area contributed by atoms with Gasteiger partial charge in [0.05, 0.1) is 0 Å². The number of carbonyl (C=O) groups is 1. The summed E-state index contributed by atoms with van der Waals surface area (Å²) in [5, 5.41) is 4.97. The van der Waals surface area contributed by atoms with Crippen molar-refractivity contribution in [2.75, 3.05) is 26.7 Å². The number of piperidine rings is 1. The van der Waals surface area contributed by atoms with Crippen LogP contribution in [-0.2, 0) is 14.8 Å². The van der Waals surface area contributed by atoms with Crippen LogP contribution in [0.5, 0.6) is 0 Å². The highest BCUT2D eigenvalue weighted by molar-refractivity contribution is 7.91. The van der Waals surface area contributed by atoms with Crippen LogP contribution < -0.4 is 5.32 Å². The predicted molar refractivity (Wildman–Crippen MR) is 89.9 cm³/mol. The van der Waals surface area contributed by atoms with E-state index in [9.17, 15) is 13.2 Å². The Bertz CT molecular complexity index is 645. The number of hydrogen-bond acceptors (Lipinski definition) is 5. The number of nitrogens with one attached hydrogen (secondary N) is 1. The number of carbonyl (C=O) groups excluding carboxylic acids is 1. The zero-order valence-electron chi connectivity index (χ0n) is 13.3. The first-order valence-corrected chi connectivity index (χ1v) is 10.4. The highest BCUT2D eigenvalue weighted by Gasteiger charge is 2.42. The summed E-state index contributed by atoms with van der Waals surface area (Å²) in [6.07, 6.45) is 3.37. The van der Waals surface area contributed by atoms with Gasteiger partial charge in [-0.25, -0.2) is 8.42 Å². The molecule has 1 amide bonds. The van der Waals surface area contributed by atoms with Gasteiger partial charge in [-0.15, -0.1) is 11.3 Å². The molecule has 0 saturated carbocycles. The molecule has 2 unspecified atom stereocenters. The van der Waals surface area contributed by atoms with E-state index in [0.29, 0.717) is 29.8 Å². The highest BCUT2D eigenvalue weighted by atomic mass is 32.2. The van der Waals surface area contributed by atoms with E-state index in [1.807, 2.05) is 11.9 Å². The molecule has 2 atom stereocenters. The Labute approximate surface area is 141 Å². The first kappa shape index (κ1) is 16.9. The quantitative estimate of drug-likeness (QED) is 0.876. The molecule has 3 heterocycles. The van der Waals surface area contributed by atoms with Gasteiger partial charge in [0.15, 0.2) is 0 Å². The van der Waals surface area contributed by atoms with Gasteiger partial charge < -0.3 is 10.2 Å². The van der Waals surface area contributed by atoms with Crippen LogP contribution in [0, 0.1) is 0 Å². The van der Waals surface area contributed by atoms with Crippen molar-refractivity contribution in [3.05, 3.63) is 17.5 Å². The van der Waals surface area contributed by atoms with Crippen LogP contribution in [0.15, 0.2) is 21.7 Å². The van der Waals surface area contributed by atoms with E-state index in [4.69, 9.17) is 0 Å². The lowest BCUT2D eigenvalue weighted by atomic mass is 10.0. The average molecular weight is 358 g/mol. The van der Waals surface area contributed by atoms with Crippen molar-refractivity contribution in [3.63, 3.8) is 0 Å². The lowest BCUT2D eigenvalue weighted by molar-refractivity contribution is -0.136. The minimum atomic E-state index is -3.56. The average Bonchev–Trinajstić information content (AvgIpc) is 3.25. The maximum Gasteiger partial charge on any atom is 0.253 e. The summed E-state index contributed by atoms with van der Waals surface area (Å²) in [6, 6.07) is 3.10. The zero-order valence-corrected chi connectivity index (χ0v) is 14.9. The van der Waals surface area contributed by atoms with Crippen molar-refractivity contribution in [1.82, 2.24) is 14.5 Å². The van der Waals surface area contributed by atoms with Crippen LogP contribution in [0.1, 0.15) is 25.7 Å². The minimum Gasteiger partial charge on any atom is -0.340 e. The van der Waals surface area contributed by atoms with Crippen molar-refractivity contribution >= 4 is 27.3 Å². The Morgan fingerprint density at radius 3 is 2.78 bits per heavy atom. The van der Waals surface area contributed by atoms with E-state index in [1.165, 1.54) is 15.6 Å². The normalized spacial score (nSPS) is 26.6. The Morgan fingerprint density at radius 1 is 1.30 bits per heavy atom. The second-order valence-corrected chi connectivity index (χ2v) is 9.18. The molecule has 23 heavy (non-hydrogen) atoms. The molecule has 1 aromatic heterocycles. The SMILES string of the molecule is CNC1CCCN(C(=O)C2CCCN2S(=O)(=O)c2cccs2)C1. The molecule has 128 valence electrons. The number of likely N-dealkylation sites (N-methyl/N-ethyl adjacent to an activating group) is 1. The molecule has 6 nitrogen and oxygen atoms in total. The third kappa shape index (κ3) is 3.31. The molecule has 2 saturated heterocycles. The van der Waals surface area contributed by atoms with E-state index < -0.39 is 16.1 Å². The highest BCUT2D eigenvalue weighted by Crippen LogP contribution is 2.30. The van der Waals surface area contributed by atoms with E-state index in [-0.39, 0.29) is 5.91 Å². The molecule has 3 rings (SSSR count). The summed E-state index contributed by atoms with van der Waals surface area (Å²) in [5.41, 5.74) is 0. The van der Waals surface area contributed by atoms with E-state index >= 15 is 0 Å². The van der Waals surface area contributed by atoms with Gasteiger partial charge in [-0.05, 0) is 44.2 Å². The molecule has 2 aliphatic heterocycles. The fraction of sp³-hybridized carbons (Fsp3) is 0.667. The van der Waals surface area contributed by atoms with Gasteiger partial charge in [0.2, 0.25) is 5.91 Å². The summed E-state index contributed by atoms with van der Waals surface area (Å²) in [5.74, 6) is -0.0393. The van der Waals surface area contributed by atoms with Gasteiger partial charge in [0.25, 0.3) is 10.0 Å². The molecule has 1 aromatic rings. The third-order valence-electron chi connectivity index (χ3n) is 4.69. The molecule has 0 spiro atoms. The Kier molecular flexibility index (Phi) is 5.05. The van der Waals surface area contributed by atoms with Gasteiger partial charge >= 0.3 is 0 Å². The van der Waals surface area contributed by atoms with Gasteiger partial charge in [-0.2, -0.15) is 4.31 Å². The van der Waals surface area contributed by atoms with Crippen LogP contribution in [0.25, 0.3) is 0 Å². The van der Waals surface area contributed by atoms with Gasteiger partial charge in [-0.3, -0.25) is 4.79 Å². The molecular weight excluding hydrogens is 334 g/mol. The largest absolute Gasteiger partial charge is 0.340 e. The van der Waals surface area contributed by atoms with Crippen molar-refractivity contribution in [1.29, 1.82) is 0 Å². The van der Waals surface area contributed by atoms with Crippen molar-refractivity contribution in [2.24, 2.45) is 0 Å². The summed E-state index contributed by atoms with van der Waals surface area (Å²) in [6.45, 7) is 1.82. The van der Waals surface area contributed by atoms with Crippen LogP contribution in [0.3, 0.4) is 0 Å². The summed E-state index contributed by atoms with van der Waals surface area (Å²) in [7, 11) is -1.65. The van der Waals surface area contributed by atoms with Crippen LogP contribution in [0.2, 0.25) is 0 Å². The monoisotopic (exact) mass is 357 g/mol. The number of sulfonamides is 1.